The van der Waals surface area contributed by atoms with Crippen molar-refractivity contribution in [3.8, 4) is 0 Å². The lowest BCUT2D eigenvalue weighted by Crippen LogP contribution is -2.37. The van der Waals surface area contributed by atoms with Crippen LogP contribution in [0.25, 0.3) is 0 Å². The van der Waals surface area contributed by atoms with Gasteiger partial charge in [-0.25, -0.2) is 14.6 Å². The van der Waals surface area contributed by atoms with Gasteiger partial charge in [-0.1, -0.05) is 0 Å². The van der Waals surface area contributed by atoms with E-state index >= 15 is 0 Å². The van der Waals surface area contributed by atoms with Crippen molar-refractivity contribution in [2.24, 2.45) is 0 Å². The van der Waals surface area contributed by atoms with E-state index in [-0.39, 0.29) is 17.6 Å². The van der Waals surface area contributed by atoms with Crippen LogP contribution in [0, 0.1) is 6.92 Å². The molecule has 0 amide bonds. The van der Waals surface area contributed by atoms with Crippen LogP contribution in [0.2, 0.25) is 0 Å². The summed E-state index contributed by atoms with van der Waals surface area (Å²) >= 11 is 0. The first-order valence-electron chi connectivity index (χ1n) is 7.94. The van der Waals surface area contributed by atoms with Gasteiger partial charge in [-0.15, -0.1) is 0 Å². The SMILES string of the molecule is Cc1nccc(NC2COCC2n2nc(C3CC3)ccc2=O)n1. The maximum absolute atomic E-state index is 12.2. The number of aryl methyl sites for hydroxylation is 1. The maximum atomic E-state index is 12.2. The van der Waals surface area contributed by atoms with Crippen molar-refractivity contribution in [1.82, 2.24) is 19.7 Å². The minimum absolute atomic E-state index is 0.0380. The summed E-state index contributed by atoms with van der Waals surface area (Å²) in [7, 11) is 0. The van der Waals surface area contributed by atoms with E-state index in [1.54, 1.807) is 16.9 Å². The highest BCUT2D eigenvalue weighted by Gasteiger charge is 2.33. The third-order valence-corrected chi connectivity index (χ3v) is 4.32. The summed E-state index contributed by atoms with van der Waals surface area (Å²) in [5.74, 6) is 1.96. The second-order valence-electron chi connectivity index (χ2n) is 6.16. The molecule has 0 aromatic carbocycles. The monoisotopic (exact) mass is 313 g/mol. The van der Waals surface area contributed by atoms with Crippen LogP contribution in [0.5, 0.6) is 0 Å². The molecular formula is C16H19N5O2. The fourth-order valence-corrected chi connectivity index (χ4v) is 2.92. The first kappa shape index (κ1) is 14.3. The number of hydrogen-bond acceptors (Lipinski definition) is 6. The average Bonchev–Trinajstić information content (AvgIpc) is 3.29. The van der Waals surface area contributed by atoms with Crippen LogP contribution >= 0.6 is 0 Å². The van der Waals surface area contributed by atoms with Crippen LogP contribution < -0.4 is 10.9 Å². The lowest BCUT2D eigenvalue weighted by Gasteiger charge is -2.21. The van der Waals surface area contributed by atoms with E-state index in [0.717, 1.165) is 24.4 Å². The largest absolute Gasteiger partial charge is 0.377 e. The Kier molecular flexibility index (Phi) is 3.57. The first-order valence-corrected chi connectivity index (χ1v) is 7.94. The third-order valence-electron chi connectivity index (χ3n) is 4.32. The molecule has 2 atom stereocenters. The van der Waals surface area contributed by atoms with Gasteiger partial charge in [0.05, 0.1) is 24.9 Å². The quantitative estimate of drug-likeness (QED) is 0.915. The molecule has 1 aliphatic heterocycles. The molecule has 2 fully saturated rings. The second-order valence-corrected chi connectivity index (χ2v) is 6.16. The molecule has 0 bridgehead atoms. The molecule has 2 aromatic rings. The van der Waals surface area contributed by atoms with Crippen LogP contribution in [0.1, 0.15) is 36.3 Å². The first-order chi connectivity index (χ1) is 11.2. The van der Waals surface area contributed by atoms with Gasteiger partial charge >= 0.3 is 0 Å². The number of hydrogen-bond donors (Lipinski definition) is 1. The molecule has 1 aliphatic carbocycles. The van der Waals surface area contributed by atoms with Gasteiger partial charge in [-0.2, -0.15) is 5.10 Å². The highest BCUT2D eigenvalue weighted by molar-refractivity contribution is 5.35. The van der Waals surface area contributed by atoms with E-state index in [2.05, 4.69) is 20.4 Å². The molecule has 4 rings (SSSR count). The molecule has 23 heavy (non-hydrogen) atoms. The van der Waals surface area contributed by atoms with Gasteiger partial charge in [0, 0.05) is 18.2 Å². The van der Waals surface area contributed by atoms with E-state index < -0.39 is 0 Å². The molecule has 1 N–H and O–H groups in total. The van der Waals surface area contributed by atoms with Crippen molar-refractivity contribution in [2.75, 3.05) is 18.5 Å². The normalized spacial score (nSPS) is 23.9. The molecule has 0 spiro atoms. The molecule has 2 aliphatic rings. The number of aromatic nitrogens is 4. The fraction of sp³-hybridized carbons (Fsp3) is 0.500. The lowest BCUT2D eigenvalue weighted by atomic mass is 10.1. The zero-order valence-electron chi connectivity index (χ0n) is 13.0. The fourth-order valence-electron chi connectivity index (χ4n) is 2.92. The van der Waals surface area contributed by atoms with Gasteiger partial charge in [0.25, 0.3) is 5.56 Å². The number of anilines is 1. The molecule has 7 heteroatoms. The summed E-state index contributed by atoms with van der Waals surface area (Å²) in [4.78, 5) is 20.7. The number of ether oxygens (including phenoxy) is 1. The Bertz CT molecular complexity index is 771. The topological polar surface area (TPSA) is 81.9 Å². The molecule has 2 unspecified atom stereocenters. The van der Waals surface area contributed by atoms with Crippen molar-refractivity contribution in [1.29, 1.82) is 0 Å². The van der Waals surface area contributed by atoms with Gasteiger partial charge in [0.1, 0.15) is 17.7 Å². The third kappa shape index (κ3) is 2.96. The van der Waals surface area contributed by atoms with Crippen molar-refractivity contribution in [2.45, 2.75) is 37.8 Å². The summed E-state index contributed by atoms with van der Waals surface area (Å²) in [5.41, 5.74) is 0.920. The lowest BCUT2D eigenvalue weighted by molar-refractivity contribution is 0.182. The molecule has 1 saturated carbocycles. The molecule has 1 saturated heterocycles. The van der Waals surface area contributed by atoms with Gasteiger partial charge in [0.15, 0.2) is 0 Å². The predicted molar refractivity (Wildman–Crippen MR) is 84.5 cm³/mol. The minimum Gasteiger partial charge on any atom is -0.377 e. The zero-order chi connectivity index (χ0) is 15.8. The Morgan fingerprint density at radius 3 is 2.91 bits per heavy atom. The second kappa shape index (κ2) is 5.73. The summed E-state index contributed by atoms with van der Waals surface area (Å²) < 4.78 is 7.17. The van der Waals surface area contributed by atoms with Gasteiger partial charge in [-0.05, 0) is 31.9 Å². The number of nitrogens with one attached hydrogen (secondary N) is 1. The van der Waals surface area contributed by atoms with Gasteiger partial charge in [-0.3, -0.25) is 4.79 Å². The molecule has 7 nitrogen and oxygen atoms in total. The summed E-state index contributed by atoms with van der Waals surface area (Å²) in [5, 5.41) is 7.92. The molecular weight excluding hydrogens is 294 g/mol. The van der Waals surface area contributed by atoms with Crippen molar-refractivity contribution in [3.05, 3.63) is 46.3 Å². The Morgan fingerprint density at radius 2 is 2.13 bits per heavy atom. The maximum Gasteiger partial charge on any atom is 0.267 e. The summed E-state index contributed by atoms with van der Waals surface area (Å²) in [6.45, 7) is 2.84. The molecule has 0 radical (unpaired) electrons. The van der Waals surface area contributed by atoms with Crippen molar-refractivity contribution in [3.63, 3.8) is 0 Å². The number of nitrogens with zero attached hydrogens (tertiary/aromatic N) is 4. The Morgan fingerprint density at radius 1 is 1.26 bits per heavy atom. The van der Waals surface area contributed by atoms with Crippen LogP contribution in [0.15, 0.2) is 29.2 Å². The van der Waals surface area contributed by atoms with E-state index in [1.807, 2.05) is 19.1 Å². The Balaban J connectivity index is 1.60. The Hall–Kier alpha value is -2.28. The van der Waals surface area contributed by atoms with E-state index in [0.29, 0.717) is 25.0 Å². The molecule has 3 heterocycles. The van der Waals surface area contributed by atoms with Crippen LogP contribution in [-0.4, -0.2) is 39.0 Å². The number of rotatable bonds is 4. The van der Waals surface area contributed by atoms with Crippen LogP contribution in [0.3, 0.4) is 0 Å². The van der Waals surface area contributed by atoms with Crippen LogP contribution in [-0.2, 0) is 4.74 Å². The minimum atomic E-state index is -0.128. The highest BCUT2D eigenvalue weighted by atomic mass is 16.5. The van der Waals surface area contributed by atoms with Gasteiger partial charge < -0.3 is 10.1 Å². The smallest absolute Gasteiger partial charge is 0.267 e. The van der Waals surface area contributed by atoms with E-state index in [9.17, 15) is 4.79 Å². The highest BCUT2D eigenvalue weighted by Crippen LogP contribution is 2.38. The van der Waals surface area contributed by atoms with E-state index in [1.165, 1.54) is 0 Å². The zero-order valence-corrected chi connectivity index (χ0v) is 13.0. The Labute approximate surface area is 133 Å². The summed E-state index contributed by atoms with van der Waals surface area (Å²) in [6, 6.07) is 5.12. The van der Waals surface area contributed by atoms with E-state index in [4.69, 9.17) is 4.74 Å². The van der Waals surface area contributed by atoms with Crippen LogP contribution in [0.4, 0.5) is 5.82 Å². The van der Waals surface area contributed by atoms with Gasteiger partial charge in [0.2, 0.25) is 0 Å². The summed E-state index contributed by atoms with van der Waals surface area (Å²) in [6.07, 6.45) is 4.04. The standard InChI is InChI=1S/C16H19N5O2/c1-10-17-7-6-15(18-10)19-13-8-23-9-14(13)21-16(22)5-4-12(20-21)11-2-3-11/h4-7,11,13-14H,2-3,8-9H2,1H3,(H,17,18,19). The van der Waals surface area contributed by atoms with Crippen molar-refractivity contribution >= 4 is 5.82 Å². The average molecular weight is 313 g/mol. The van der Waals surface area contributed by atoms with Crippen molar-refractivity contribution < 1.29 is 4.74 Å². The predicted octanol–water partition coefficient (Wildman–Crippen LogP) is 1.27. The molecule has 2 aromatic heterocycles. The molecule has 120 valence electrons.